The summed E-state index contributed by atoms with van der Waals surface area (Å²) in [7, 11) is -4.48. The molecule has 4 aliphatic rings. The van der Waals surface area contributed by atoms with Crippen molar-refractivity contribution >= 4 is 74.5 Å². The maximum atomic E-state index is 14.4. The third kappa shape index (κ3) is 9.58. The van der Waals surface area contributed by atoms with Crippen LogP contribution in [-0.2, 0) is 46.8 Å². The van der Waals surface area contributed by atoms with Crippen molar-refractivity contribution < 1.29 is 41.9 Å². The van der Waals surface area contributed by atoms with Gasteiger partial charge in [0.25, 0.3) is 15.9 Å². The van der Waals surface area contributed by atoms with Crippen molar-refractivity contribution in [3.8, 4) is 0 Å². The van der Waals surface area contributed by atoms with Crippen LogP contribution in [-0.4, -0.2) is 90.5 Å². The number of hydrogen-bond donors (Lipinski definition) is 3. The minimum atomic E-state index is -4.48. The predicted molar refractivity (Wildman–Crippen MR) is 205 cm³/mol. The number of alkyl carbamates (subject to hydrolysis) is 1. The molecule has 4 heterocycles. The first-order valence-electron chi connectivity index (χ1n) is 18.3. The van der Waals surface area contributed by atoms with Crippen LogP contribution in [0.15, 0.2) is 47.4 Å². The van der Waals surface area contributed by atoms with Gasteiger partial charge in [-0.05, 0) is 70.1 Å². The molecular weight excluding hydrogens is 793 g/mol. The van der Waals surface area contributed by atoms with E-state index in [0.717, 1.165) is 35.0 Å². The minimum Gasteiger partial charge on any atom is -0.444 e. The lowest BCUT2D eigenvalue weighted by molar-refractivity contribution is -0.141. The van der Waals surface area contributed by atoms with E-state index in [2.05, 4.69) is 15.4 Å². The first-order valence-corrected chi connectivity index (χ1v) is 21.3. The second kappa shape index (κ2) is 16.3. The average Bonchev–Trinajstić information content (AvgIpc) is 3.43. The van der Waals surface area contributed by atoms with Crippen molar-refractivity contribution in [1.82, 2.24) is 25.2 Å². The minimum absolute atomic E-state index is 0.0903. The molecule has 55 heavy (non-hydrogen) atoms. The Morgan fingerprint density at radius 1 is 1.07 bits per heavy atom. The normalized spacial score (nSPS) is 26.0. The zero-order valence-electron chi connectivity index (χ0n) is 30.8. The zero-order valence-corrected chi connectivity index (χ0v) is 33.9. The molecule has 14 nitrogen and oxygen atoms in total. The average molecular weight is 839 g/mol. The molecule has 2 aromatic rings. The van der Waals surface area contributed by atoms with Crippen molar-refractivity contribution in [3.05, 3.63) is 62.3 Å². The summed E-state index contributed by atoms with van der Waals surface area (Å²) in [6.45, 7) is 5.71. The Morgan fingerprint density at radius 2 is 1.82 bits per heavy atom. The third-order valence-electron chi connectivity index (χ3n) is 10.1. The molecule has 1 aliphatic carbocycles. The number of halogens is 2. The van der Waals surface area contributed by atoms with E-state index >= 15 is 0 Å². The zero-order chi connectivity index (χ0) is 39.7. The number of nitrogens with zero attached hydrogens (tertiary/aromatic N) is 2. The molecule has 3 aliphatic heterocycles. The summed E-state index contributed by atoms with van der Waals surface area (Å²) in [5.74, 6) is -2.86. The molecule has 6 rings (SSSR count). The van der Waals surface area contributed by atoms with E-state index in [1.54, 1.807) is 31.7 Å². The van der Waals surface area contributed by atoms with Crippen LogP contribution >= 0.6 is 34.5 Å². The van der Waals surface area contributed by atoms with Gasteiger partial charge >= 0.3 is 12.2 Å². The van der Waals surface area contributed by atoms with Gasteiger partial charge in [0, 0.05) is 25.4 Å². The number of nitrogens with one attached hydrogen (secondary N) is 3. The van der Waals surface area contributed by atoms with E-state index < -0.39 is 75.2 Å². The highest BCUT2D eigenvalue weighted by molar-refractivity contribution is 7.90. The lowest BCUT2D eigenvalue weighted by Crippen LogP contribution is -2.58. The van der Waals surface area contributed by atoms with Gasteiger partial charge in [0.2, 0.25) is 11.8 Å². The molecule has 0 bridgehead atoms. The predicted octanol–water partition coefficient (Wildman–Crippen LogP) is 5.31. The molecule has 1 saturated carbocycles. The second-order valence-electron chi connectivity index (χ2n) is 15.3. The second-order valence-corrected chi connectivity index (χ2v) is 19.3. The molecule has 298 valence electrons. The molecule has 3 N–H and O–H groups in total. The van der Waals surface area contributed by atoms with Gasteiger partial charge in [0.15, 0.2) is 0 Å². The summed E-state index contributed by atoms with van der Waals surface area (Å²) in [6, 6.07) is 6.63. The smallest absolute Gasteiger partial charge is 0.410 e. The fourth-order valence-corrected chi connectivity index (χ4v) is 10.4. The van der Waals surface area contributed by atoms with Crippen LogP contribution in [0, 0.1) is 5.92 Å². The Morgan fingerprint density at radius 3 is 2.53 bits per heavy atom. The molecule has 0 unspecified atom stereocenters. The molecule has 1 aromatic heterocycles. The van der Waals surface area contributed by atoms with Crippen molar-refractivity contribution in [1.29, 1.82) is 0 Å². The first kappa shape index (κ1) is 40.8. The number of benzene rings is 1. The van der Waals surface area contributed by atoms with Crippen LogP contribution in [0.2, 0.25) is 8.67 Å². The lowest BCUT2D eigenvalue weighted by atomic mass is 10.0. The molecule has 5 atom stereocenters. The van der Waals surface area contributed by atoms with E-state index in [1.807, 2.05) is 30.3 Å². The van der Waals surface area contributed by atoms with E-state index in [1.165, 1.54) is 4.90 Å². The Balaban J connectivity index is 1.27. The number of amides is 5. The summed E-state index contributed by atoms with van der Waals surface area (Å²) < 4.78 is 40.0. The summed E-state index contributed by atoms with van der Waals surface area (Å²) in [5.41, 5.74) is -0.372. The fraction of sp³-hybridized carbons (Fsp3) is 0.541. The molecular formula is C37H45Cl2N5O9S2. The van der Waals surface area contributed by atoms with Crippen molar-refractivity contribution in [2.75, 3.05) is 13.1 Å². The molecule has 1 saturated heterocycles. The topological polar surface area (TPSA) is 181 Å². The highest BCUT2D eigenvalue weighted by atomic mass is 35.5. The quantitative estimate of drug-likeness (QED) is 0.337. The number of rotatable bonds is 5. The van der Waals surface area contributed by atoms with Gasteiger partial charge in [-0.15, -0.1) is 11.3 Å². The van der Waals surface area contributed by atoms with Gasteiger partial charge < -0.3 is 29.9 Å². The number of carbonyl (C=O) groups is 5. The van der Waals surface area contributed by atoms with Crippen LogP contribution < -0.4 is 15.4 Å². The number of ether oxygens (including phenoxy) is 2. The van der Waals surface area contributed by atoms with Crippen molar-refractivity contribution in [3.63, 3.8) is 0 Å². The maximum absolute atomic E-state index is 14.4. The van der Waals surface area contributed by atoms with Crippen molar-refractivity contribution in [2.45, 2.75) is 113 Å². The Bertz CT molecular complexity index is 1980. The SMILES string of the molecule is CC(C)(C)OC(=O)N[C@H]1CCCCCC=C[C@@H]2C[C@@]2(C(=O)NS(=O)(=O)c2cc(Cl)sc2Cl)NC(=O)[C@@H]2C[C@@H](OC(=O)N3CCc4ccccc4C3)CN2C1=O. The van der Waals surface area contributed by atoms with E-state index in [-0.39, 0.29) is 39.4 Å². The van der Waals surface area contributed by atoms with Crippen molar-refractivity contribution in [2.24, 2.45) is 5.92 Å². The molecule has 1 aromatic carbocycles. The lowest BCUT2D eigenvalue weighted by Gasteiger charge is -2.30. The molecule has 5 amide bonds. The largest absolute Gasteiger partial charge is 0.444 e. The number of carbonyl (C=O) groups excluding carboxylic acids is 5. The molecule has 0 radical (unpaired) electrons. The first-order chi connectivity index (χ1) is 26.0. The molecule has 18 heteroatoms. The summed E-state index contributed by atoms with van der Waals surface area (Å²) in [4.78, 5) is 71.5. The summed E-state index contributed by atoms with van der Waals surface area (Å²) in [6.07, 6.45) is 4.90. The van der Waals surface area contributed by atoms with E-state index in [0.29, 0.717) is 38.8 Å². The van der Waals surface area contributed by atoms with E-state index in [9.17, 15) is 32.4 Å². The van der Waals surface area contributed by atoms with Crippen LogP contribution in [0.25, 0.3) is 0 Å². The number of allylic oxidation sites excluding steroid dienone is 1. The Kier molecular flexibility index (Phi) is 12.1. The molecule has 0 spiro atoms. The van der Waals surface area contributed by atoms with E-state index in [4.69, 9.17) is 32.7 Å². The fourth-order valence-electron chi connectivity index (χ4n) is 7.26. The summed E-state index contributed by atoms with van der Waals surface area (Å²) >= 11 is 12.9. The van der Waals surface area contributed by atoms with Gasteiger partial charge in [-0.3, -0.25) is 14.4 Å². The number of hydrogen-bond acceptors (Lipinski definition) is 10. The number of sulfonamides is 1. The maximum Gasteiger partial charge on any atom is 0.410 e. The Hall–Kier alpha value is -3.86. The van der Waals surface area contributed by atoms with Gasteiger partial charge in [-0.2, -0.15) is 0 Å². The van der Waals surface area contributed by atoms with Crippen LogP contribution in [0.3, 0.4) is 0 Å². The van der Waals surface area contributed by atoms with Crippen LogP contribution in [0.5, 0.6) is 0 Å². The highest BCUT2D eigenvalue weighted by Gasteiger charge is 2.62. The standard InChI is InChI=1S/C37H45Cl2N5O9S2/c1-36(2,3)53-34(48)40-26-14-8-6-4-5-7-13-24-19-37(24,33(47)42-55(50,51)28-18-29(38)54-30(28)39)41-31(45)27-17-25(21-44(27)32(26)46)52-35(49)43-16-15-22-11-9-10-12-23(22)20-43/h7,9-13,18,24-27H,4-6,8,14-17,19-21H2,1-3H3,(H,40,48)(H,41,45)(H,42,47)/t24-,25-,26+,27+,37-/m1/s1. The monoisotopic (exact) mass is 837 g/mol. The highest BCUT2D eigenvalue weighted by Crippen LogP contribution is 2.46. The van der Waals surface area contributed by atoms with Crippen LogP contribution in [0.1, 0.15) is 76.8 Å². The van der Waals surface area contributed by atoms with Crippen LogP contribution in [0.4, 0.5) is 9.59 Å². The molecule has 2 fully saturated rings. The Labute approximate surface area is 334 Å². The number of fused-ring (bicyclic) bond motifs is 3. The number of thiophene rings is 1. The van der Waals surface area contributed by atoms with Gasteiger partial charge in [0.1, 0.15) is 38.6 Å². The third-order valence-corrected chi connectivity index (χ3v) is 13.2. The van der Waals surface area contributed by atoms with Gasteiger partial charge in [-0.1, -0.05) is 72.5 Å². The summed E-state index contributed by atoms with van der Waals surface area (Å²) in [5, 5.41) is 5.47. The van der Waals surface area contributed by atoms with Gasteiger partial charge in [0.05, 0.1) is 10.9 Å². The van der Waals surface area contributed by atoms with Gasteiger partial charge in [-0.25, -0.2) is 22.7 Å².